The summed E-state index contributed by atoms with van der Waals surface area (Å²) in [5.74, 6) is 0.620. The van der Waals surface area contributed by atoms with Gasteiger partial charge in [0.15, 0.2) is 0 Å². The Balaban J connectivity index is 1.58. The van der Waals surface area contributed by atoms with Crippen LogP contribution in [0, 0.1) is 6.92 Å². The van der Waals surface area contributed by atoms with E-state index in [0.717, 1.165) is 19.4 Å². The summed E-state index contributed by atoms with van der Waals surface area (Å²) < 4.78 is 5.66. The van der Waals surface area contributed by atoms with Crippen LogP contribution in [-0.2, 0) is 0 Å². The number of aliphatic hydroxyl groups is 1. The molecule has 2 unspecified atom stereocenters. The van der Waals surface area contributed by atoms with Crippen LogP contribution >= 0.6 is 11.6 Å². The molecule has 3 nitrogen and oxygen atoms in total. The number of likely N-dealkylation sites (tertiary alicyclic amines) is 1. The Morgan fingerprint density at radius 2 is 1.96 bits per heavy atom. The molecule has 0 spiro atoms. The van der Waals surface area contributed by atoms with E-state index >= 15 is 0 Å². The molecule has 2 atom stereocenters. The molecule has 0 amide bonds. The highest BCUT2D eigenvalue weighted by Gasteiger charge is 2.28. The van der Waals surface area contributed by atoms with Crippen LogP contribution in [0.2, 0.25) is 5.02 Å². The van der Waals surface area contributed by atoms with Gasteiger partial charge in [0.05, 0.1) is 5.02 Å². The number of ether oxygens (including phenoxy) is 1. The fraction of sp³-hybridized carbons (Fsp3) is 0.400. The highest BCUT2D eigenvalue weighted by atomic mass is 35.5. The largest absolute Gasteiger partial charge is 0.489 e. The molecular weight excluding hydrogens is 322 g/mol. The molecular formula is C20H24ClNO2. The van der Waals surface area contributed by atoms with Crippen LogP contribution in [0.15, 0.2) is 48.5 Å². The van der Waals surface area contributed by atoms with Crippen molar-refractivity contribution in [2.24, 2.45) is 0 Å². The van der Waals surface area contributed by atoms with Crippen molar-refractivity contribution >= 4 is 11.6 Å². The van der Waals surface area contributed by atoms with Gasteiger partial charge >= 0.3 is 0 Å². The molecule has 1 N–H and O–H groups in total. The molecule has 1 fully saturated rings. The van der Waals surface area contributed by atoms with Crippen LogP contribution in [0.25, 0.3) is 0 Å². The topological polar surface area (TPSA) is 32.7 Å². The van der Waals surface area contributed by atoms with Crippen molar-refractivity contribution in [1.29, 1.82) is 0 Å². The Labute approximate surface area is 148 Å². The molecule has 24 heavy (non-hydrogen) atoms. The summed E-state index contributed by atoms with van der Waals surface area (Å²) in [6.07, 6.45) is 1.77. The molecule has 1 saturated heterocycles. The van der Waals surface area contributed by atoms with Crippen molar-refractivity contribution < 1.29 is 9.84 Å². The predicted molar refractivity (Wildman–Crippen MR) is 97.7 cm³/mol. The van der Waals surface area contributed by atoms with Gasteiger partial charge in [0.1, 0.15) is 18.5 Å². The van der Waals surface area contributed by atoms with E-state index in [1.165, 1.54) is 11.1 Å². The maximum atomic E-state index is 10.4. The van der Waals surface area contributed by atoms with Crippen molar-refractivity contribution in [2.45, 2.75) is 31.9 Å². The smallest absolute Gasteiger partial charge is 0.138 e. The monoisotopic (exact) mass is 345 g/mol. The van der Waals surface area contributed by atoms with Crippen LogP contribution in [-0.4, -0.2) is 35.8 Å². The lowest BCUT2D eigenvalue weighted by Crippen LogP contribution is -2.35. The predicted octanol–water partition coefficient (Wildman–Crippen LogP) is 4.23. The number of hydrogen-bond acceptors (Lipinski definition) is 3. The first kappa shape index (κ1) is 17.3. The fourth-order valence-electron chi connectivity index (χ4n) is 3.43. The number of benzene rings is 2. The van der Waals surface area contributed by atoms with E-state index in [-0.39, 0.29) is 6.61 Å². The molecule has 0 aromatic heterocycles. The minimum Gasteiger partial charge on any atom is -0.489 e. The van der Waals surface area contributed by atoms with Gasteiger partial charge in [0.2, 0.25) is 0 Å². The highest BCUT2D eigenvalue weighted by Crippen LogP contribution is 2.33. The van der Waals surface area contributed by atoms with Gasteiger partial charge in [0.25, 0.3) is 0 Å². The molecule has 2 aromatic carbocycles. The number of rotatable bonds is 6. The van der Waals surface area contributed by atoms with Crippen molar-refractivity contribution in [3.05, 3.63) is 64.7 Å². The van der Waals surface area contributed by atoms with Gasteiger partial charge in [-0.3, -0.25) is 4.90 Å². The number of nitrogens with zero attached hydrogens (tertiary/aromatic N) is 1. The maximum Gasteiger partial charge on any atom is 0.138 e. The number of halogens is 1. The van der Waals surface area contributed by atoms with Gasteiger partial charge in [0, 0.05) is 12.6 Å². The number of para-hydroxylation sites is 1. The zero-order valence-corrected chi connectivity index (χ0v) is 14.7. The number of aliphatic hydroxyl groups excluding tert-OH is 1. The van der Waals surface area contributed by atoms with Crippen LogP contribution in [0.4, 0.5) is 0 Å². The van der Waals surface area contributed by atoms with E-state index in [4.69, 9.17) is 16.3 Å². The number of aryl methyl sites for hydroxylation is 1. The van der Waals surface area contributed by atoms with Crippen molar-refractivity contribution in [1.82, 2.24) is 4.90 Å². The third kappa shape index (κ3) is 4.10. The summed E-state index contributed by atoms with van der Waals surface area (Å²) in [6, 6.07) is 16.3. The van der Waals surface area contributed by atoms with Gasteiger partial charge in [-0.1, -0.05) is 48.0 Å². The molecule has 0 aliphatic carbocycles. The van der Waals surface area contributed by atoms with Crippen LogP contribution < -0.4 is 4.74 Å². The second-order valence-electron chi connectivity index (χ2n) is 6.40. The fourth-order valence-corrected chi connectivity index (χ4v) is 3.62. The minimum absolute atomic E-state index is 0.251. The lowest BCUT2D eigenvalue weighted by Gasteiger charge is -2.28. The standard InChI is InChI=1S/C20H24ClNO2/c1-15-7-2-3-8-17(15)19-10-6-12-22(19)13-16(23)14-24-20-11-5-4-9-18(20)21/h2-5,7-9,11,16,19,23H,6,10,12-14H2,1H3. The number of β-amino-alcohol motifs (C(OH)–C–C–N with tert-alkyl or cyclic N) is 1. The van der Waals surface area contributed by atoms with E-state index < -0.39 is 6.10 Å². The van der Waals surface area contributed by atoms with Crippen LogP contribution in [0.3, 0.4) is 0 Å². The van der Waals surface area contributed by atoms with Gasteiger partial charge in [-0.05, 0) is 49.6 Å². The molecule has 128 valence electrons. The maximum absolute atomic E-state index is 10.4. The van der Waals surface area contributed by atoms with Gasteiger partial charge in [-0.25, -0.2) is 0 Å². The van der Waals surface area contributed by atoms with E-state index in [2.05, 4.69) is 36.1 Å². The van der Waals surface area contributed by atoms with Gasteiger partial charge < -0.3 is 9.84 Å². The first-order valence-corrected chi connectivity index (χ1v) is 8.88. The summed E-state index contributed by atoms with van der Waals surface area (Å²) in [5.41, 5.74) is 2.69. The minimum atomic E-state index is -0.536. The zero-order valence-electron chi connectivity index (χ0n) is 14.0. The van der Waals surface area contributed by atoms with E-state index in [1.807, 2.05) is 18.2 Å². The van der Waals surface area contributed by atoms with E-state index in [1.54, 1.807) is 6.07 Å². The first-order chi connectivity index (χ1) is 11.6. The first-order valence-electron chi connectivity index (χ1n) is 8.50. The normalized spacial score (nSPS) is 19.4. The zero-order chi connectivity index (χ0) is 16.9. The number of hydrogen-bond donors (Lipinski definition) is 1. The second kappa shape index (κ2) is 8.02. The summed E-state index contributed by atoms with van der Waals surface area (Å²) in [7, 11) is 0. The SMILES string of the molecule is Cc1ccccc1C1CCCN1CC(O)COc1ccccc1Cl. The quantitative estimate of drug-likeness (QED) is 0.850. The van der Waals surface area contributed by atoms with Crippen molar-refractivity contribution in [2.75, 3.05) is 19.7 Å². The second-order valence-corrected chi connectivity index (χ2v) is 6.81. The van der Waals surface area contributed by atoms with E-state index in [0.29, 0.717) is 23.4 Å². The molecule has 3 rings (SSSR count). The average molecular weight is 346 g/mol. The van der Waals surface area contributed by atoms with Gasteiger partial charge in [-0.2, -0.15) is 0 Å². The summed E-state index contributed by atoms with van der Waals surface area (Å²) in [5, 5.41) is 11.0. The molecule has 0 bridgehead atoms. The Morgan fingerprint density at radius 3 is 2.75 bits per heavy atom. The molecule has 1 heterocycles. The Bertz CT molecular complexity index is 676. The third-order valence-electron chi connectivity index (χ3n) is 4.62. The lowest BCUT2D eigenvalue weighted by molar-refractivity contribution is 0.0638. The Kier molecular flexibility index (Phi) is 5.77. The summed E-state index contributed by atoms with van der Waals surface area (Å²) in [4.78, 5) is 2.36. The molecule has 0 radical (unpaired) electrons. The lowest BCUT2D eigenvalue weighted by atomic mass is 9.99. The van der Waals surface area contributed by atoms with Crippen molar-refractivity contribution in [3.63, 3.8) is 0 Å². The molecule has 2 aromatic rings. The molecule has 1 aliphatic rings. The summed E-state index contributed by atoms with van der Waals surface area (Å²) in [6.45, 7) is 4.04. The van der Waals surface area contributed by atoms with Crippen molar-refractivity contribution in [3.8, 4) is 5.75 Å². The van der Waals surface area contributed by atoms with Crippen LogP contribution in [0.1, 0.15) is 30.0 Å². The van der Waals surface area contributed by atoms with Crippen LogP contribution in [0.5, 0.6) is 5.75 Å². The summed E-state index contributed by atoms with van der Waals surface area (Å²) >= 11 is 6.08. The molecule has 1 aliphatic heterocycles. The Morgan fingerprint density at radius 1 is 1.21 bits per heavy atom. The average Bonchev–Trinajstić information content (AvgIpc) is 3.02. The Hall–Kier alpha value is -1.55. The molecule has 0 saturated carbocycles. The van der Waals surface area contributed by atoms with Gasteiger partial charge in [-0.15, -0.1) is 0 Å². The third-order valence-corrected chi connectivity index (χ3v) is 4.94. The highest BCUT2D eigenvalue weighted by molar-refractivity contribution is 6.32. The molecule has 4 heteroatoms. The van der Waals surface area contributed by atoms with E-state index in [9.17, 15) is 5.11 Å².